The molecule has 0 radical (unpaired) electrons. The van der Waals surface area contributed by atoms with Gasteiger partial charge in [0.25, 0.3) is 0 Å². The molecule has 0 saturated heterocycles. The Balaban J connectivity index is 2.67. The molecule has 0 aliphatic heterocycles. The van der Waals surface area contributed by atoms with Gasteiger partial charge >= 0.3 is 0 Å². The van der Waals surface area contributed by atoms with Gasteiger partial charge in [-0.1, -0.05) is 30.9 Å². The molecule has 0 amide bonds. The first-order valence-electron chi connectivity index (χ1n) is 4.50. The molecule has 1 rings (SSSR count). The van der Waals surface area contributed by atoms with Crippen molar-refractivity contribution in [2.24, 2.45) is 4.99 Å². The Morgan fingerprint density at radius 2 is 2.07 bits per heavy atom. The summed E-state index contributed by atoms with van der Waals surface area (Å²) in [7, 11) is 0. The van der Waals surface area contributed by atoms with Gasteiger partial charge in [0, 0.05) is 11.9 Å². The number of hydrogen-bond acceptors (Lipinski definition) is 2. The molecule has 0 heterocycles. The molecule has 0 aliphatic carbocycles. The predicted octanol–water partition coefficient (Wildman–Crippen LogP) is 3.22. The summed E-state index contributed by atoms with van der Waals surface area (Å²) in [5.41, 5.74) is 1.03. The Morgan fingerprint density at radius 1 is 1.36 bits per heavy atom. The monoisotopic (exact) mass is 186 g/mol. The highest BCUT2D eigenvalue weighted by Crippen LogP contribution is 2.09. The highest BCUT2D eigenvalue weighted by Gasteiger charge is 1.91. The molecule has 0 unspecified atom stereocenters. The number of hydrogen-bond donors (Lipinski definition) is 1. The smallest absolute Gasteiger partial charge is 0.125 e. The molecule has 0 aliphatic rings. The summed E-state index contributed by atoms with van der Waals surface area (Å²) >= 11 is 0. The third kappa shape index (κ3) is 3.27. The van der Waals surface area contributed by atoms with Gasteiger partial charge in [-0.05, 0) is 25.1 Å². The van der Waals surface area contributed by atoms with Crippen LogP contribution in [0.1, 0.15) is 6.92 Å². The fraction of sp³-hybridized carbons (Fsp3) is 0.0833. The van der Waals surface area contributed by atoms with Crippen molar-refractivity contribution < 1.29 is 0 Å². The maximum absolute atomic E-state index is 4.16. The van der Waals surface area contributed by atoms with Gasteiger partial charge in [0.1, 0.15) is 5.82 Å². The molecule has 0 saturated carbocycles. The molecule has 0 fully saturated rings. The topological polar surface area (TPSA) is 24.4 Å². The van der Waals surface area contributed by atoms with Crippen LogP contribution in [0.2, 0.25) is 0 Å². The molecule has 0 aromatic heterocycles. The number of nitrogens with one attached hydrogen (secondary N) is 1. The number of allylic oxidation sites excluding steroid dienone is 2. The average molecular weight is 186 g/mol. The van der Waals surface area contributed by atoms with E-state index in [9.17, 15) is 0 Å². The van der Waals surface area contributed by atoms with Crippen molar-refractivity contribution in [2.45, 2.75) is 6.92 Å². The van der Waals surface area contributed by atoms with E-state index in [-0.39, 0.29) is 0 Å². The lowest BCUT2D eigenvalue weighted by molar-refractivity contribution is 1.29. The van der Waals surface area contributed by atoms with E-state index >= 15 is 0 Å². The third-order valence-electron chi connectivity index (χ3n) is 1.64. The molecule has 2 nitrogen and oxygen atoms in total. The van der Waals surface area contributed by atoms with Gasteiger partial charge in [-0.25, -0.2) is 4.99 Å². The van der Waals surface area contributed by atoms with Crippen LogP contribution in [-0.4, -0.2) is 6.21 Å². The molecule has 0 bridgehead atoms. The van der Waals surface area contributed by atoms with Gasteiger partial charge < -0.3 is 5.32 Å². The zero-order chi connectivity index (χ0) is 10.2. The lowest BCUT2D eigenvalue weighted by atomic mass is 10.3. The largest absolute Gasteiger partial charge is 0.341 e. The first kappa shape index (κ1) is 10.3. The standard InChI is InChI=1S/C12H14N2/c1-3-10-13-12(4-2)14-11-8-6-5-7-9-11/h3-10,14H,1H2,2H3/b12-4+,13-10?. The van der Waals surface area contributed by atoms with Crippen LogP contribution >= 0.6 is 0 Å². The molecule has 1 N–H and O–H groups in total. The van der Waals surface area contributed by atoms with Crippen LogP contribution in [0, 0.1) is 0 Å². The SMILES string of the molecule is C=CC=N/C(=C\C)Nc1ccccc1. The number of nitrogens with zero attached hydrogens (tertiary/aromatic N) is 1. The summed E-state index contributed by atoms with van der Waals surface area (Å²) in [6.07, 6.45) is 5.22. The third-order valence-corrected chi connectivity index (χ3v) is 1.64. The highest BCUT2D eigenvalue weighted by molar-refractivity contribution is 5.71. The number of anilines is 1. The van der Waals surface area contributed by atoms with Crippen molar-refractivity contribution in [2.75, 3.05) is 5.32 Å². The zero-order valence-electron chi connectivity index (χ0n) is 8.27. The van der Waals surface area contributed by atoms with Crippen molar-refractivity contribution in [3.05, 3.63) is 54.9 Å². The highest BCUT2D eigenvalue weighted by atomic mass is 15.0. The van der Waals surface area contributed by atoms with Crippen molar-refractivity contribution in [3.8, 4) is 0 Å². The Labute approximate surface area is 84.7 Å². The maximum Gasteiger partial charge on any atom is 0.125 e. The van der Waals surface area contributed by atoms with E-state index in [1.807, 2.05) is 43.3 Å². The predicted molar refractivity (Wildman–Crippen MR) is 62.5 cm³/mol. The Kier molecular flexibility index (Phi) is 4.21. The summed E-state index contributed by atoms with van der Waals surface area (Å²) in [5.74, 6) is 0.816. The first-order valence-corrected chi connectivity index (χ1v) is 4.50. The molecule has 1 aromatic rings. The van der Waals surface area contributed by atoms with Crippen LogP contribution in [0.15, 0.2) is 59.9 Å². The summed E-state index contributed by atoms with van der Waals surface area (Å²) in [5, 5.41) is 3.18. The van der Waals surface area contributed by atoms with E-state index in [2.05, 4.69) is 16.9 Å². The molecule has 0 spiro atoms. The maximum atomic E-state index is 4.16. The van der Waals surface area contributed by atoms with Crippen molar-refractivity contribution in [1.29, 1.82) is 0 Å². The van der Waals surface area contributed by atoms with Crippen LogP contribution in [-0.2, 0) is 0 Å². The molecule has 2 heteroatoms. The van der Waals surface area contributed by atoms with Crippen LogP contribution in [0.5, 0.6) is 0 Å². The number of benzene rings is 1. The molecular formula is C12H14N2. The van der Waals surface area contributed by atoms with Gasteiger partial charge in [-0.3, -0.25) is 0 Å². The molecule has 0 atom stereocenters. The Bertz CT molecular complexity index is 337. The molecular weight excluding hydrogens is 172 g/mol. The van der Waals surface area contributed by atoms with Crippen molar-refractivity contribution in [1.82, 2.24) is 0 Å². The number of rotatable bonds is 4. The number of aliphatic imine (C=N–C) groups is 1. The lowest BCUT2D eigenvalue weighted by Crippen LogP contribution is -1.96. The van der Waals surface area contributed by atoms with Crippen LogP contribution < -0.4 is 5.32 Å². The van der Waals surface area contributed by atoms with E-state index in [4.69, 9.17) is 0 Å². The fourth-order valence-electron chi connectivity index (χ4n) is 0.981. The van der Waals surface area contributed by atoms with Crippen molar-refractivity contribution >= 4 is 11.9 Å². The summed E-state index contributed by atoms with van der Waals surface area (Å²) < 4.78 is 0. The van der Waals surface area contributed by atoms with E-state index in [1.54, 1.807) is 12.3 Å². The molecule has 72 valence electrons. The van der Waals surface area contributed by atoms with Gasteiger partial charge in [-0.15, -0.1) is 0 Å². The summed E-state index contributed by atoms with van der Waals surface area (Å²) in [6, 6.07) is 9.92. The second kappa shape index (κ2) is 5.75. The minimum absolute atomic E-state index is 0.816. The minimum atomic E-state index is 0.816. The summed E-state index contributed by atoms with van der Waals surface area (Å²) in [4.78, 5) is 4.16. The van der Waals surface area contributed by atoms with Gasteiger partial charge in [0.2, 0.25) is 0 Å². The second-order valence-electron chi connectivity index (χ2n) is 2.68. The average Bonchev–Trinajstić information content (AvgIpc) is 2.25. The van der Waals surface area contributed by atoms with Gasteiger partial charge in [0.05, 0.1) is 0 Å². The Morgan fingerprint density at radius 3 is 2.64 bits per heavy atom. The van der Waals surface area contributed by atoms with Gasteiger partial charge in [-0.2, -0.15) is 0 Å². The zero-order valence-corrected chi connectivity index (χ0v) is 8.27. The normalized spacial score (nSPS) is 11.6. The number of para-hydroxylation sites is 1. The van der Waals surface area contributed by atoms with Crippen LogP contribution in [0.25, 0.3) is 0 Å². The molecule has 14 heavy (non-hydrogen) atoms. The van der Waals surface area contributed by atoms with Crippen LogP contribution in [0.4, 0.5) is 5.69 Å². The second-order valence-corrected chi connectivity index (χ2v) is 2.68. The van der Waals surface area contributed by atoms with E-state index in [0.717, 1.165) is 11.5 Å². The molecule has 1 aromatic carbocycles. The Hall–Kier alpha value is -1.83. The van der Waals surface area contributed by atoms with E-state index < -0.39 is 0 Å². The van der Waals surface area contributed by atoms with E-state index in [0.29, 0.717) is 0 Å². The first-order chi connectivity index (χ1) is 6.86. The van der Waals surface area contributed by atoms with Crippen molar-refractivity contribution in [3.63, 3.8) is 0 Å². The lowest BCUT2D eigenvalue weighted by Gasteiger charge is -2.04. The van der Waals surface area contributed by atoms with E-state index in [1.165, 1.54) is 0 Å². The van der Waals surface area contributed by atoms with Crippen LogP contribution in [0.3, 0.4) is 0 Å². The quantitative estimate of drug-likeness (QED) is 0.717. The van der Waals surface area contributed by atoms with Gasteiger partial charge in [0.15, 0.2) is 0 Å². The minimum Gasteiger partial charge on any atom is -0.341 e. The summed E-state index contributed by atoms with van der Waals surface area (Å²) in [6.45, 7) is 5.51. The fourth-order valence-corrected chi connectivity index (χ4v) is 0.981.